The van der Waals surface area contributed by atoms with E-state index in [1.54, 1.807) is 54.6 Å². The lowest BCUT2D eigenvalue weighted by atomic mass is 10.1. The number of ether oxygens (including phenoxy) is 1. The summed E-state index contributed by atoms with van der Waals surface area (Å²) in [4.78, 5) is 36.0. The van der Waals surface area contributed by atoms with Gasteiger partial charge in [-0.25, -0.2) is 0 Å². The van der Waals surface area contributed by atoms with Gasteiger partial charge in [-0.05, 0) is 42.0 Å². The molecule has 0 radical (unpaired) electrons. The van der Waals surface area contributed by atoms with Crippen LogP contribution in [-0.2, 0) is 11.3 Å². The van der Waals surface area contributed by atoms with Gasteiger partial charge in [-0.15, -0.1) is 0 Å². The normalized spacial score (nSPS) is 10.1. The number of carbonyl (C=O) groups is 3. The molecule has 0 aliphatic heterocycles. The van der Waals surface area contributed by atoms with Crippen LogP contribution in [-0.4, -0.2) is 17.8 Å². The summed E-state index contributed by atoms with van der Waals surface area (Å²) in [5.74, 6) is -0.697. The van der Waals surface area contributed by atoms with E-state index < -0.39 is 5.97 Å². The second-order valence-corrected chi connectivity index (χ2v) is 6.28. The highest BCUT2D eigenvalue weighted by Crippen LogP contribution is 2.19. The van der Waals surface area contributed by atoms with Gasteiger partial charge in [0, 0.05) is 30.3 Å². The number of hydrogen-bond donors (Lipinski definition) is 2. The van der Waals surface area contributed by atoms with Crippen molar-refractivity contribution in [1.82, 2.24) is 5.32 Å². The number of amides is 2. The predicted octanol–water partition coefficient (Wildman–Crippen LogP) is 3.79. The van der Waals surface area contributed by atoms with Crippen LogP contribution >= 0.6 is 0 Å². The SMILES string of the molecule is CC(=O)Oc1cccc(C(=O)Nc2ccccc2CNC(=O)c2ccccc2)c1. The molecule has 0 atom stereocenters. The van der Waals surface area contributed by atoms with Crippen LogP contribution in [0.3, 0.4) is 0 Å². The molecule has 2 N–H and O–H groups in total. The Morgan fingerprint density at radius 3 is 2.24 bits per heavy atom. The summed E-state index contributed by atoms with van der Waals surface area (Å²) in [6.45, 7) is 1.56. The number of nitrogens with one attached hydrogen (secondary N) is 2. The van der Waals surface area contributed by atoms with Crippen molar-refractivity contribution in [3.8, 4) is 5.75 Å². The van der Waals surface area contributed by atoms with Gasteiger partial charge in [0.2, 0.25) is 0 Å². The monoisotopic (exact) mass is 388 g/mol. The van der Waals surface area contributed by atoms with Gasteiger partial charge in [-0.3, -0.25) is 14.4 Å². The third kappa shape index (κ3) is 5.52. The Labute approximate surface area is 168 Å². The summed E-state index contributed by atoms with van der Waals surface area (Å²) in [7, 11) is 0. The third-order valence-electron chi connectivity index (χ3n) is 4.10. The molecule has 0 aromatic heterocycles. The van der Waals surface area contributed by atoms with Gasteiger partial charge < -0.3 is 15.4 Å². The number of hydrogen-bond acceptors (Lipinski definition) is 4. The van der Waals surface area contributed by atoms with Crippen molar-refractivity contribution in [1.29, 1.82) is 0 Å². The molecule has 146 valence electrons. The first-order valence-corrected chi connectivity index (χ1v) is 9.04. The van der Waals surface area contributed by atoms with Gasteiger partial charge in [0.15, 0.2) is 0 Å². The number of esters is 1. The van der Waals surface area contributed by atoms with Gasteiger partial charge >= 0.3 is 5.97 Å². The Kier molecular flexibility index (Phi) is 6.37. The Morgan fingerprint density at radius 2 is 1.48 bits per heavy atom. The lowest BCUT2D eigenvalue weighted by Crippen LogP contribution is -2.23. The van der Waals surface area contributed by atoms with E-state index in [-0.39, 0.29) is 18.4 Å². The molecule has 6 nitrogen and oxygen atoms in total. The molecule has 0 saturated heterocycles. The van der Waals surface area contributed by atoms with Gasteiger partial charge in [0.1, 0.15) is 5.75 Å². The summed E-state index contributed by atoms with van der Waals surface area (Å²) in [5, 5.41) is 5.69. The smallest absolute Gasteiger partial charge is 0.308 e. The molecule has 0 bridgehead atoms. The standard InChI is InChI=1S/C23H20N2O4/c1-16(26)29-20-12-7-11-18(14-20)23(28)25-21-13-6-5-10-19(21)15-24-22(27)17-8-3-2-4-9-17/h2-14H,15H2,1H3,(H,24,27)(H,25,28). The van der Waals surface area contributed by atoms with E-state index in [9.17, 15) is 14.4 Å². The topological polar surface area (TPSA) is 84.5 Å². The molecule has 0 fully saturated rings. The van der Waals surface area contributed by atoms with Crippen LogP contribution in [0.15, 0.2) is 78.9 Å². The van der Waals surface area contributed by atoms with Crippen molar-refractivity contribution in [3.63, 3.8) is 0 Å². The molecule has 6 heteroatoms. The fraction of sp³-hybridized carbons (Fsp3) is 0.0870. The van der Waals surface area contributed by atoms with Crippen LogP contribution < -0.4 is 15.4 Å². The zero-order valence-electron chi connectivity index (χ0n) is 15.8. The zero-order chi connectivity index (χ0) is 20.6. The van der Waals surface area contributed by atoms with Crippen LogP contribution in [0.5, 0.6) is 5.75 Å². The van der Waals surface area contributed by atoms with E-state index in [0.717, 1.165) is 5.56 Å². The highest BCUT2D eigenvalue weighted by Gasteiger charge is 2.12. The first kappa shape index (κ1) is 19.8. The summed E-state index contributed by atoms with van der Waals surface area (Å²) in [5.41, 5.74) is 2.27. The molecule has 2 amide bonds. The van der Waals surface area contributed by atoms with Crippen molar-refractivity contribution in [2.45, 2.75) is 13.5 Å². The zero-order valence-corrected chi connectivity index (χ0v) is 15.8. The molecular weight excluding hydrogens is 368 g/mol. The molecule has 0 unspecified atom stereocenters. The molecule has 0 saturated carbocycles. The van der Waals surface area contributed by atoms with E-state index in [0.29, 0.717) is 22.6 Å². The lowest BCUT2D eigenvalue weighted by Gasteiger charge is -2.12. The molecule has 3 rings (SSSR count). The van der Waals surface area contributed by atoms with Gasteiger partial charge in [-0.1, -0.05) is 42.5 Å². The van der Waals surface area contributed by atoms with Gasteiger partial charge in [0.05, 0.1) is 0 Å². The van der Waals surface area contributed by atoms with Gasteiger partial charge in [-0.2, -0.15) is 0 Å². The highest BCUT2D eigenvalue weighted by atomic mass is 16.5. The van der Waals surface area contributed by atoms with E-state index >= 15 is 0 Å². The Morgan fingerprint density at radius 1 is 0.793 bits per heavy atom. The van der Waals surface area contributed by atoms with Crippen LogP contribution in [0, 0.1) is 0 Å². The van der Waals surface area contributed by atoms with E-state index in [2.05, 4.69) is 10.6 Å². The van der Waals surface area contributed by atoms with Crippen molar-refractivity contribution in [3.05, 3.63) is 95.6 Å². The highest BCUT2D eigenvalue weighted by molar-refractivity contribution is 6.05. The largest absolute Gasteiger partial charge is 0.427 e. The Balaban J connectivity index is 1.70. The summed E-state index contributed by atoms with van der Waals surface area (Å²) in [6.07, 6.45) is 0. The van der Waals surface area contributed by atoms with Crippen molar-refractivity contribution in [2.24, 2.45) is 0 Å². The quantitative estimate of drug-likeness (QED) is 0.497. The predicted molar refractivity (Wildman–Crippen MR) is 110 cm³/mol. The summed E-state index contributed by atoms with van der Waals surface area (Å²) < 4.78 is 5.02. The maximum Gasteiger partial charge on any atom is 0.308 e. The van der Waals surface area contributed by atoms with E-state index in [1.807, 2.05) is 18.2 Å². The van der Waals surface area contributed by atoms with E-state index in [1.165, 1.54) is 13.0 Å². The number of carbonyl (C=O) groups excluding carboxylic acids is 3. The van der Waals surface area contributed by atoms with Crippen molar-refractivity contribution < 1.29 is 19.1 Å². The molecule has 0 aliphatic rings. The third-order valence-corrected chi connectivity index (χ3v) is 4.10. The molecule has 0 spiro atoms. The van der Waals surface area contributed by atoms with Crippen molar-refractivity contribution >= 4 is 23.5 Å². The maximum atomic E-state index is 12.6. The molecular formula is C23H20N2O4. The van der Waals surface area contributed by atoms with Crippen LogP contribution in [0.25, 0.3) is 0 Å². The minimum Gasteiger partial charge on any atom is -0.427 e. The number of rotatable bonds is 6. The van der Waals surface area contributed by atoms with Crippen molar-refractivity contribution in [2.75, 3.05) is 5.32 Å². The average molecular weight is 388 g/mol. The first-order valence-electron chi connectivity index (χ1n) is 9.04. The van der Waals surface area contributed by atoms with Crippen LogP contribution in [0.2, 0.25) is 0 Å². The molecule has 29 heavy (non-hydrogen) atoms. The van der Waals surface area contributed by atoms with E-state index in [4.69, 9.17) is 4.74 Å². The average Bonchev–Trinajstić information content (AvgIpc) is 2.73. The fourth-order valence-corrected chi connectivity index (χ4v) is 2.72. The van der Waals surface area contributed by atoms with Crippen LogP contribution in [0.4, 0.5) is 5.69 Å². The Bertz CT molecular complexity index is 1030. The Hall–Kier alpha value is -3.93. The molecule has 3 aromatic carbocycles. The maximum absolute atomic E-state index is 12.6. The fourth-order valence-electron chi connectivity index (χ4n) is 2.72. The molecule has 0 heterocycles. The second kappa shape index (κ2) is 9.32. The minimum absolute atomic E-state index is 0.194. The lowest BCUT2D eigenvalue weighted by molar-refractivity contribution is -0.131. The number of anilines is 1. The summed E-state index contributed by atoms with van der Waals surface area (Å²) in [6, 6.07) is 22.5. The summed E-state index contributed by atoms with van der Waals surface area (Å²) >= 11 is 0. The minimum atomic E-state index is -0.456. The number of para-hydroxylation sites is 1. The molecule has 0 aliphatic carbocycles. The van der Waals surface area contributed by atoms with Crippen LogP contribution in [0.1, 0.15) is 33.2 Å². The second-order valence-electron chi connectivity index (χ2n) is 6.28. The molecule has 3 aromatic rings. The first-order chi connectivity index (χ1) is 14.0. The van der Waals surface area contributed by atoms with Gasteiger partial charge in [0.25, 0.3) is 11.8 Å². The number of benzene rings is 3.